The van der Waals surface area contributed by atoms with Crippen molar-refractivity contribution in [1.82, 2.24) is 4.98 Å². The molecule has 0 spiro atoms. The van der Waals surface area contributed by atoms with Crippen molar-refractivity contribution in [1.29, 1.82) is 0 Å². The van der Waals surface area contributed by atoms with E-state index in [1.807, 2.05) is 30.3 Å². The maximum Gasteiger partial charge on any atom is 0.261 e. The van der Waals surface area contributed by atoms with E-state index in [-0.39, 0.29) is 11.4 Å². The maximum absolute atomic E-state index is 12.3. The predicted molar refractivity (Wildman–Crippen MR) is 90.7 cm³/mol. The van der Waals surface area contributed by atoms with Crippen molar-refractivity contribution in [2.24, 2.45) is 0 Å². The van der Waals surface area contributed by atoms with Crippen LogP contribution in [0.1, 0.15) is 10.4 Å². The minimum absolute atomic E-state index is 0.124. The van der Waals surface area contributed by atoms with Crippen molar-refractivity contribution in [3.63, 3.8) is 0 Å². The molecule has 3 aromatic rings. The van der Waals surface area contributed by atoms with Gasteiger partial charge in [-0.3, -0.25) is 4.79 Å². The number of carbonyl (C=O) groups excluding carboxylic acids is 1. The molecule has 5 heteroatoms. The smallest absolute Gasteiger partial charge is 0.261 e. The summed E-state index contributed by atoms with van der Waals surface area (Å²) in [5.41, 5.74) is 2.56. The first-order valence-electron chi connectivity index (χ1n) is 6.95. The quantitative estimate of drug-likeness (QED) is 0.752. The van der Waals surface area contributed by atoms with Crippen molar-refractivity contribution >= 4 is 23.2 Å². The molecule has 0 unspecified atom stereocenters. The largest absolute Gasteiger partial charge is 0.493 e. The number of halogens is 1. The van der Waals surface area contributed by atoms with Crippen molar-refractivity contribution in [2.45, 2.75) is 0 Å². The van der Waals surface area contributed by atoms with Crippen LogP contribution in [0.15, 0.2) is 66.9 Å². The third-order valence-electron chi connectivity index (χ3n) is 3.36. The fourth-order valence-corrected chi connectivity index (χ4v) is 2.36. The van der Waals surface area contributed by atoms with E-state index in [2.05, 4.69) is 10.3 Å². The van der Waals surface area contributed by atoms with E-state index in [1.54, 1.807) is 24.3 Å². The van der Waals surface area contributed by atoms with Crippen LogP contribution in [-0.4, -0.2) is 16.0 Å². The van der Waals surface area contributed by atoms with Crippen LogP contribution in [0.3, 0.4) is 0 Å². The number of benzene rings is 2. The number of amides is 1. The number of rotatable bonds is 3. The normalized spacial score (nSPS) is 10.3. The SMILES string of the molecule is O=C(Nc1ccccc1-c1ccc(Cl)cc1)c1cccnc1O. The molecule has 2 aromatic carbocycles. The molecule has 0 bridgehead atoms. The maximum atomic E-state index is 12.3. The molecule has 1 heterocycles. The fourth-order valence-electron chi connectivity index (χ4n) is 2.24. The van der Waals surface area contributed by atoms with E-state index in [9.17, 15) is 9.90 Å². The Hall–Kier alpha value is -2.85. The number of nitrogens with one attached hydrogen (secondary N) is 1. The number of pyridine rings is 1. The number of carbonyl (C=O) groups is 1. The Labute approximate surface area is 138 Å². The van der Waals surface area contributed by atoms with Gasteiger partial charge in [0.25, 0.3) is 5.91 Å². The molecule has 0 saturated carbocycles. The monoisotopic (exact) mass is 324 g/mol. The predicted octanol–water partition coefficient (Wildman–Crippen LogP) is 4.36. The van der Waals surface area contributed by atoms with Gasteiger partial charge >= 0.3 is 0 Å². The van der Waals surface area contributed by atoms with Gasteiger partial charge in [0.1, 0.15) is 5.56 Å². The van der Waals surface area contributed by atoms with Gasteiger partial charge in [-0.05, 0) is 35.9 Å². The van der Waals surface area contributed by atoms with Gasteiger partial charge in [-0.1, -0.05) is 41.9 Å². The van der Waals surface area contributed by atoms with Crippen molar-refractivity contribution in [3.8, 4) is 17.0 Å². The van der Waals surface area contributed by atoms with E-state index in [0.29, 0.717) is 10.7 Å². The van der Waals surface area contributed by atoms with Crippen LogP contribution in [0.2, 0.25) is 5.02 Å². The molecule has 23 heavy (non-hydrogen) atoms. The molecule has 4 nitrogen and oxygen atoms in total. The number of nitrogens with zero attached hydrogens (tertiary/aromatic N) is 1. The zero-order valence-corrected chi connectivity index (χ0v) is 12.8. The van der Waals surface area contributed by atoms with Gasteiger partial charge < -0.3 is 10.4 Å². The summed E-state index contributed by atoms with van der Waals surface area (Å²) in [6.45, 7) is 0. The molecule has 0 radical (unpaired) electrons. The van der Waals surface area contributed by atoms with Gasteiger partial charge in [0.05, 0.1) is 0 Å². The van der Waals surface area contributed by atoms with Crippen LogP contribution in [0.5, 0.6) is 5.88 Å². The molecule has 0 aliphatic heterocycles. The highest BCUT2D eigenvalue weighted by Gasteiger charge is 2.13. The average molecular weight is 325 g/mol. The highest BCUT2D eigenvalue weighted by Crippen LogP contribution is 2.29. The second-order valence-corrected chi connectivity index (χ2v) is 5.32. The summed E-state index contributed by atoms with van der Waals surface area (Å²) in [5, 5.41) is 13.1. The molecule has 3 rings (SSSR count). The van der Waals surface area contributed by atoms with E-state index in [4.69, 9.17) is 11.6 Å². The molecule has 1 aromatic heterocycles. The van der Waals surface area contributed by atoms with Gasteiger partial charge in [0.2, 0.25) is 5.88 Å². The molecular weight excluding hydrogens is 312 g/mol. The lowest BCUT2D eigenvalue weighted by atomic mass is 10.0. The number of para-hydroxylation sites is 1. The lowest BCUT2D eigenvalue weighted by molar-refractivity contribution is 0.102. The topological polar surface area (TPSA) is 62.2 Å². The standard InChI is InChI=1S/C18H13ClN2O2/c19-13-9-7-12(8-10-13)14-4-1-2-6-16(14)21-18(23)15-5-3-11-20-17(15)22/h1-11H,(H,20,22)(H,21,23). The zero-order valence-electron chi connectivity index (χ0n) is 12.0. The summed E-state index contributed by atoms with van der Waals surface area (Å²) in [5.74, 6) is -0.717. The summed E-state index contributed by atoms with van der Waals surface area (Å²) in [7, 11) is 0. The van der Waals surface area contributed by atoms with Crippen LogP contribution in [0.4, 0.5) is 5.69 Å². The Bertz CT molecular complexity index is 848. The first-order valence-corrected chi connectivity index (χ1v) is 7.33. The molecule has 0 aliphatic rings. The highest BCUT2D eigenvalue weighted by molar-refractivity contribution is 6.30. The Morgan fingerprint density at radius 1 is 1.00 bits per heavy atom. The van der Waals surface area contributed by atoms with E-state index in [1.165, 1.54) is 12.3 Å². The minimum Gasteiger partial charge on any atom is -0.493 e. The third kappa shape index (κ3) is 3.33. The van der Waals surface area contributed by atoms with Crippen LogP contribution in [0.25, 0.3) is 11.1 Å². The first-order chi connectivity index (χ1) is 11.1. The summed E-state index contributed by atoms with van der Waals surface area (Å²) in [6, 6.07) is 17.9. The molecule has 2 N–H and O–H groups in total. The van der Waals surface area contributed by atoms with Crippen molar-refractivity contribution < 1.29 is 9.90 Å². The first kappa shape index (κ1) is 15.1. The number of aromatic hydroxyl groups is 1. The number of hydrogen-bond donors (Lipinski definition) is 2. The molecule has 114 valence electrons. The number of anilines is 1. The van der Waals surface area contributed by atoms with E-state index in [0.717, 1.165) is 11.1 Å². The van der Waals surface area contributed by atoms with Gasteiger partial charge in [0.15, 0.2) is 0 Å². The minimum atomic E-state index is -0.419. The van der Waals surface area contributed by atoms with Crippen molar-refractivity contribution in [2.75, 3.05) is 5.32 Å². The Morgan fingerprint density at radius 3 is 2.48 bits per heavy atom. The summed E-state index contributed by atoms with van der Waals surface area (Å²) in [6.07, 6.45) is 1.42. The van der Waals surface area contributed by atoms with Crippen LogP contribution < -0.4 is 5.32 Å². The number of aromatic nitrogens is 1. The second-order valence-electron chi connectivity index (χ2n) is 4.88. The fraction of sp³-hybridized carbons (Fsp3) is 0. The van der Waals surface area contributed by atoms with E-state index < -0.39 is 5.91 Å². The van der Waals surface area contributed by atoms with Crippen LogP contribution in [-0.2, 0) is 0 Å². The molecule has 1 amide bonds. The van der Waals surface area contributed by atoms with Crippen LogP contribution >= 0.6 is 11.6 Å². The molecular formula is C18H13ClN2O2. The van der Waals surface area contributed by atoms with E-state index >= 15 is 0 Å². The van der Waals surface area contributed by atoms with Gasteiger partial charge in [0, 0.05) is 22.5 Å². The van der Waals surface area contributed by atoms with Crippen LogP contribution in [0, 0.1) is 0 Å². The Kier molecular flexibility index (Phi) is 4.26. The lowest BCUT2D eigenvalue weighted by Gasteiger charge is -2.11. The second kappa shape index (κ2) is 6.50. The summed E-state index contributed by atoms with van der Waals surface area (Å²) < 4.78 is 0. The molecule has 0 fully saturated rings. The number of hydrogen-bond acceptors (Lipinski definition) is 3. The summed E-state index contributed by atoms with van der Waals surface area (Å²) >= 11 is 5.92. The Balaban J connectivity index is 1.94. The molecule has 0 aliphatic carbocycles. The zero-order chi connectivity index (χ0) is 16.2. The highest BCUT2D eigenvalue weighted by atomic mass is 35.5. The molecule has 0 atom stereocenters. The Morgan fingerprint density at radius 2 is 1.74 bits per heavy atom. The third-order valence-corrected chi connectivity index (χ3v) is 3.61. The molecule has 0 saturated heterocycles. The van der Waals surface area contributed by atoms with Gasteiger partial charge in [-0.25, -0.2) is 4.98 Å². The summed E-state index contributed by atoms with van der Waals surface area (Å²) in [4.78, 5) is 16.1. The lowest BCUT2D eigenvalue weighted by Crippen LogP contribution is -2.13. The van der Waals surface area contributed by atoms with Gasteiger partial charge in [-0.2, -0.15) is 0 Å². The average Bonchev–Trinajstić information content (AvgIpc) is 2.56. The van der Waals surface area contributed by atoms with Gasteiger partial charge in [-0.15, -0.1) is 0 Å². The van der Waals surface area contributed by atoms with Crippen molar-refractivity contribution in [3.05, 3.63) is 77.4 Å².